The summed E-state index contributed by atoms with van der Waals surface area (Å²) in [4.78, 5) is 10.4. The Morgan fingerprint density at radius 1 is 1.64 bits per heavy atom. The minimum absolute atomic E-state index is 0. The molecule has 0 bridgehead atoms. The largest absolute Gasteiger partial charge is 1.00 e. The molecule has 0 radical (unpaired) electrons. The summed E-state index contributed by atoms with van der Waals surface area (Å²) >= 11 is 0. The van der Waals surface area contributed by atoms with E-state index in [9.17, 15) is 17.8 Å². The van der Waals surface area contributed by atoms with E-state index in [4.69, 9.17) is 0 Å². The number of hydrogen-bond acceptors (Lipinski definition) is 4. The van der Waals surface area contributed by atoms with Crippen LogP contribution >= 0.6 is 0 Å². The van der Waals surface area contributed by atoms with Crippen LogP contribution in [-0.2, 0) is 15.1 Å². The molecule has 0 aromatic heterocycles. The Morgan fingerprint density at radius 2 is 2.09 bits per heavy atom. The van der Waals surface area contributed by atoms with Gasteiger partial charge in [-0.05, 0) is 6.92 Å². The van der Waals surface area contributed by atoms with E-state index in [1.54, 1.807) is 0 Å². The number of carbonyl (C=O) groups excluding carboxylic acids is 1. The molecule has 7 heteroatoms. The van der Waals surface area contributed by atoms with Gasteiger partial charge in [0.15, 0.2) is 10.3 Å². The molecule has 0 aromatic carbocycles. The van der Waals surface area contributed by atoms with Crippen LogP contribution in [0.25, 0.3) is 0 Å². The van der Waals surface area contributed by atoms with Gasteiger partial charge in [-0.25, -0.2) is 12.7 Å². The van der Waals surface area contributed by atoms with E-state index in [0.717, 1.165) is 0 Å². The van der Waals surface area contributed by atoms with Crippen molar-refractivity contribution in [1.82, 2.24) is 4.31 Å². The Hall–Kier alpha value is 1.02. The third-order valence-electron chi connectivity index (χ3n) is 1.36. The number of hydrogen-bond donors (Lipinski definition) is 0. The van der Waals surface area contributed by atoms with Crippen molar-refractivity contribution in [2.75, 3.05) is 0 Å². The van der Waals surface area contributed by atoms with E-state index in [1.165, 1.54) is 6.92 Å². The molecular weight excluding hydrogens is 197 g/mol. The molecule has 0 aliphatic carbocycles. The van der Waals surface area contributed by atoms with Gasteiger partial charge in [0.1, 0.15) is 0 Å². The molecule has 1 aliphatic rings. The van der Waals surface area contributed by atoms with Gasteiger partial charge in [-0.2, -0.15) is 0 Å². The summed E-state index contributed by atoms with van der Waals surface area (Å²) < 4.78 is 30.9. The van der Waals surface area contributed by atoms with Crippen LogP contribution in [0.2, 0.25) is 0 Å². The molecule has 1 heterocycles. The molecule has 58 valence electrons. The number of β-lactam (4-membered cyclic amide) rings is 1. The second-order valence-corrected chi connectivity index (χ2v) is 3.45. The van der Waals surface area contributed by atoms with Crippen molar-refractivity contribution >= 4 is 16.2 Å². The molecule has 1 fully saturated rings. The quantitative estimate of drug-likeness (QED) is 0.248. The molecule has 11 heavy (non-hydrogen) atoms. The van der Waals surface area contributed by atoms with Crippen molar-refractivity contribution in [2.45, 2.75) is 19.4 Å². The monoisotopic (exact) mass is 203 g/mol. The molecule has 0 saturated carbocycles. The first kappa shape index (κ1) is 12.0. The fourth-order valence-corrected chi connectivity index (χ4v) is 1.74. The van der Waals surface area contributed by atoms with Gasteiger partial charge in [-0.15, -0.1) is 0 Å². The SMILES string of the molecule is CC1CC(=O)N1S(=O)(=O)[O-].[K+]. The molecule has 0 spiro atoms. The van der Waals surface area contributed by atoms with Crippen LogP contribution in [0.5, 0.6) is 0 Å². The van der Waals surface area contributed by atoms with Gasteiger partial charge in [0.25, 0.3) is 0 Å². The Kier molecular flexibility index (Phi) is 4.17. The zero-order chi connectivity index (χ0) is 7.94. The van der Waals surface area contributed by atoms with Crippen molar-refractivity contribution < 1.29 is 69.1 Å². The average molecular weight is 203 g/mol. The van der Waals surface area contributed by atoms with Crippen LogP contribution in [-0.4, -0.2) is 29.2 Å². The number of rotatable bonds is 1. The van der Waals surface area contributed by atoms with Crippen molar-refractivity contribution in [3.8, 4) is 0 Å². The molecule has 5 nitrogen and oxygen atoms in total. The van der Waals surface area contributed by atoms with Crippen LogP contribution in [0.1, 0.15) is 13.3 Å². The van der Waals surface area contributed by atoms with Crippen molar-refractivity contribution in [3.63, 3.8) is 0 Å². The molecule has 0 aromatic rings. The molecule has 1 unspecified atom stereocenters. The van der Waals surface area contributed by atoms with Crippen LogP contribution in [0.3, 0.4) is 0 Å². The molecular formula is C4H6KNO4S. The first-order valence-electron chi connectivity index (χ1n) is 2.71. The third kappa shape index (κ3) is 2.48. The number of amides is 1. The first-order chi connectivity index (χ1) is 4.43. The summed E-state index contributed by atoms with van der Waals surface area (Å²) in [7, 11) is -4.53. The predicted molar refractivity (Wildman–Crippen MR) is 30.6 cm³/mol. The van der Waals surface area contributed by atoms with E-state index in [1.807, 2.05) is 0 Å². The van der Waals surface area contributed by atoms with Gasteiger partial charge >= 0.3 is 51.4 Å². The Morgan fingerprint density at radius 3 is 2.18 bits per heavy atom. The third-order valence-corrected chi connectivity index (χ3v) is 2.40. The maximum atomic E-state index is 10.4. The van der Waals surface area contributed by atoms with Gasteiger partial charge in [0.05, 0.1) is 6.04 Å². The van der Waals surface area contributed by atoms with E-state index in [0.29, 0.717) is 4.31 Å². The zero-order valence-electron chi connectivity index (χ0n) is 6.27. The van der Waals surface area contributed by atoms with Crippen LogP contribution in [0, 0.1) is 0 Å². The van der Waals surface area contributed by atoms with Crippen molar-refractivity contribution in [1.29, 1.82) is 0 Å². The summed E-state index contributed by atoms with van der Waals surface area (Å²) in [5, 5.41) is 0. The van der Waals surface area contributed by atoms with E-state index < -0.39 is 22.3 Å². The summed E-state index contributed by atoms with van der Waals surface area (Å²) in [6.45, 7) is 1.51. The maximum absolute atomic E-state index is 10.4. The molecule has 1 rings (SSSR count). The van der Waals surface area contributed by atoms with Gasteiger partial charge in [-0.3, -0.25) is 4.79 Å². The van der Waals surface area contributed by atoms with E-state index in [2.05, 4.69) is 0 Å². The van der Waals surface area contributed by atoms with Crippen LogP contribution in [0.15, 0.2) is 0 Å². The Bertz CT molecular complexity index is 261. The van der Waals surface area contributed by atoms with Crippen molar-refractivity contribution in [3.05, 3.63) is 0 Å². The standard InChI is InChI=1S/C4H7NO4S.K/c1-3-2-4(6)5(3)10(7,8)9;/h3H,2H2,1H3,(H,7,8,9);/q;+1/p-1. The summed E-state index contributed by atoms with van der Waals surface area (Å²) in [6, 6.07) is -0.449. The summed E-state index contributed by atoms with van der Waals surface area (Å²) in [5.74, 6) is -0.609. The fourth-order valence-electron chi connectivity index (χ4n) is 0.904. The van der Waals surface area contributed by atoms with Gasteiger partial charge in [0.2, 0.25) is 5.91 Å². The second kappa shape index (κ2) is 3.82. The molecule has 1 aliphatic heterocycles. The topological polar surface area (TPSA) is 77.5 Å². The second-order valence-electron chi connectivity index (χ2n) is 2.20. The van der Waals surface area contributed by atoms with Gasteiger partial charge < -0.3 is 4.55 Å². The van der Waals surface area contributed by atoms with Crippen LogP contribution in [0.4, 0.5) is 0 Å². The van der Waals surface area contributed by atoms with Gasteiger partial charge in [-0.1, -0.05) is 0 Å². The molecule has 1 saturated heterocycles. The van der Waals surface area contributed by atoms with E-state index >= 15 is 0 Å². The number of nitrogens with zero attached hydrogens (tertiary/aromatic N) is 1. The summed E-state index contributed by atoms with van der Waals surface area (Å²) in [6.07, 6.45) is 0.154. The normalized spacial score (nSPS) is 24.0. The summed E-state index contributed by atoms with van der Waals surface area (Å²) in [5.41, 5.74) is 0. The van der Waals surface area contributed by atoms with Crippen molar-refractivity contribution in [2.24, 2.45) is 0 Å². The minimum atomic E-state index is -4.53. The molecule has 0 N–H and O–H groups in total. The smallest absolute Gasteiger partial charge is 0.731 e. The molecule has 1 atom stereocenters. The zero-order valence-corrected chi connectivity index (χ0v) is 10.2. The van der Waals surface area contributed by atoms with Gasteiger partial charge in [0, 0.05) is 6.42 Å². The maximum Gasteiger partial charge on any atom is 1.00 e. The first-order valence-corrected chi connectivity index (χ1v) is 4.07. The Balaban J connectivity index is 0.000001000. The number of carbonyl (C=O) groups is 1. The fraction of sp³-hybridized carbons (Fsp3) is 0.750. The van der Waals surface area contributed by atoms with E-state index in [-0.39, 0.29) is 57.8 Å². The minimum Gasteiger partial charge on any atom is -0.731 e. The Labute approximate surface area is 107 Å². The molecule has 1 amide bonds. The predicted octanol–water partition coefficient (Wildman–Crippen LogP) is -3.93. The van der Waals surface area contributed by atoms with Crippen LogP contribution < -0.4 is 51.4 Å². The average Bonchev–Trinajstić information content (AvgIpc) is 1.58.